The molecule has 0 radical (unpaired) electrons. The van der Waals surface area contributed by atoms with Crippen LogP contribution in [-0.4, -0.2) is 30.7 Å². The number of para-hydroxylation sites is 1. The van der Waals surface area contributed by atoms with Crippen molar-refractivity contribution in [3.05, 3.63) is 30.3 Å². The summed E-state index contributed by atoms with van der Waals surface area (Å²) in [6.45, 7) is 0.563. The molecule has 0 saturated carbocycles. The second kappa shape index (κ2) is 5.10. The molecule has 72 valence electrons. The fourth-order valence-corrected chi connectivity index (χ4v) is 1.25. The van der Waals surface area contributed by atoms with Gasteiger partial charge in [-0.2, -0.15) is 0 Å². The quantitative estimate of drug-likeness (QED) is 0.747. The molecule has 0 amide bonds. The van der Waals surface area contributed by atoms with Gasteiger partial charge in [0, 0.05) is 19.3 Å². The average Bonchev–Trinajstić information content (AvgIpc) is 2.19. The topological polar surface area (TPSA) is 23.5 Å². The van der Waals surface area contributed by atoms with Gasteiger partial charge in [0.15, 0.2) is 0 Å². The molecule has 1 atom stereocenters. The highest BCUT2D eigenvalue weighted by molar-refractivity contribution is 6.18. The van der Waals surface area contributed by atoms with Gasteiger partial charge in [-0.05, 0) is 12.1 Å². The van der Waals surface area contributed by atoms with Crippen LogP contribution in [0.2, 0.25) is 0 Å². The highest BCUT2D eigenvalue weighted by atomic mass is 35.5. The Hall–Kier alpha value is -0.730. The first-order valence-corrected chi connectivity index (χ1v) is 4.77. The Labute approximate surface area is 83.7 Å². The van der Waals surface area contributed by atoms with Crippen LogP contribution < -0.4 is 4.90 Å². The van der Waals surface area contributed by atoms with Crippen LogP contribution in [0.1, 0.15) is 0 Å². The van der Waals surface area contributed by atoms with Gasteiger partial charge in [0.25, 0.3) is 0 Å². The van der Waals surface area contributed by atoms with Gasteiger partial charge in [0.2, 0.25) is 0 Å². The molecule has 0 aliphatic carbocycles. The molecule has 2 nitrogen and oxygen atoms in total. The summed E-state index contributed by atoms with van der Waals surface area (Å²) in [5.74, 6) is 0.275. The van der Waals surface area contributed by atoms with Crippen LogP contribution in [0.25, 0.3) is 0 Å². The zero-order valence-corrected chi connectivity index (χ0v) is 8.41. The molecule has 3 heteroatoms. The molecule has 0 aliphatic heterocycles. The fourth-order valence-electron chi connectivity index (χ4n) is 1.15. The third kappa shape index (κ3) is 3.25. The Bertz CT molecular complexity index is 240. The monoisotopic (exact) mass is 199 g/mol. The summed E-state index contributed by atoms with van der Waals surface area (Å²) in [4.78, 5) is 1.98. The maximum Gasteiger partial charge on any atom is 0.0849 e. The lowest BCUT2D eigenvalue weighted by molar-refractivity contribution is 0.205. The number of aliphatic hydroxyl groups excluding tert-OH is 1. The van der Waals surface area contributed by atoms with E-state index in [-0.39, 0.29) is 5.88 Å². The van der Waals surface area contributed by atoms with Crippen molar-refractivity contribution < 1.29 is 5.11 Å². The zero-order valence-electron chi connectivity index (χ0n) is 7.65. The first kappa shape index (κ1) is 10.4. The van der Waals surface area contributed by atoms with E-state index in [1.165, 1.54) is 0 Å². The SMILES string of the molecule is CN(CC(O)CCl)c1ccccc1. The molecule has 1 aromatic carbocycles. The molecule has 1 aromatic rings. The van der Waals surface area contributed by atoms with Gasteiger partial charge in [0.05, 0.1) is 12.0 Å². The van der Waals surface area contributed by atoms with E-state index in [2.05, 4.69) is 0 Å². The van der Waals surface area contributed by atoms with Crippen molar-refractivity contribution in [2.24, 2.45) is 0 Å². The normalized spacial score (nSPS) is 12.5. The second-order valence-electron chi connectivity index (χ2n) is 3.02. The van der Waals surface area contributed by atoms with E-state index in [1.54, 1.807) is 0 Å². The summed E-state index contributed by atoms with van der Waals surface area (Å²) < 4.78 is 0. The fraction of sp³-hybridized carbons (Fsp3) is 0.400. The summed E-state index contributed by atoms with van der Waals surface area (Å²) in [6, 6.07) is 9.91. The van der Waals surface area contributed by atoms with Gasteiger partial charge in [-0.15, -0.1) is 11.6 Å². The van der Waals surface area contributed by atoms with Crippen LogP contribution in [0.4, 0.5) is 5.69 Å². The number of benzene rings is 1. The summed E-state index contributed by atoms with van der Waals surface area (Å²) in [7, 11) is 1.94. The maximum absolute atomic E-state index is 9.32. The molecule has 0 spiro atoms. The standard InChI is InChI=1S/C10H14ClNO/c1-12(8-10(13)7-11)9-5-3-2-4-6-9/h2-6,10,13H,7-8H2,1H3. The van der Waals surface area contributed by atoms with Crippen LogP contribution in [0.3, 0.4) is 0 Å². The van der Waals surface area contributed by atoms with Crippen molar-refractivity contribution in [2.45, 2.75) is 6.10 Å². The summed E-state index contributed by atoms with van der Waals surface area (Å²) in [5, 5.41) is 9.32. The molecule has 1 unspecified atom stereocenters. The summed E-state index contributed by atoms with van der Waals surface area (Å²) in [6.07, 6.45) is -0.466. The number of aliphatic hydroxyl groups is 1. The minimum Gasteiger partial charge on any atom is -0.390 e. The molecular weight excluding hydrogens is 186 g/mol. The number of likely N-dealkylation sites (N-methyl/N-ethyl adjacent to an activating group) is 1. The van der Waals surface area contributed by atoms with E-state index < -0.39 is 6.10 Å². The number of nitrogens with zero attached hydrogens (tertiary/aromatic N) is 1. The predicted molar refractivity (Wildman–Crippen MR) is 56.4 cm³/mol. The number of hydrogen-bond acceptors (Lipinski definition) is 2. The second-order valence-corrected chi connectivity index (χ2v) is 3.33. The van der Waals surface area contributed by atoms with Crippen molar-refractivity contribution >= 4 is 17.3 Å². The summed E-state index contributed by atoms with van der Waals surface area (Å²) in [5.41, 5.74) is 1.09. The Morgan fingerprint density at radius 2 is 2.00 bits per heavy atom. The number of hydrogen-bond donors (Lipinski definition) is 1. The van der Waals surface area contributed by atoms with E-state index in [4.69, 9.17) is 11.6 Å². The van der Waals surface area contributed by atoms with Crippen LogP contribution in [0, 0.1) is 0 Å². The first-order chi connectivity index (χ1) is 6.24. The van der Waals surface area contributed by atoms with Gasteiger partial charge >= 0.3 is 0 Å². The van der Waals surface area contributed by atoms with E-state index in [1.807, 2.05) is 42.3 Å². The minimum atomic E-state index is -0.466. The Morgan fingerprint density at radius 3 is 2.54 bits per heavy atom. The average molecular weight is 200 g/mol. The third-order valence-corrected chi connectivity index (χ3v) is 2.22. The Morgan fingerprint density at radius 1 is 1.38 bits per heavy atom. The third-order valence-electron chi connectivity index (χ3n) is 1.86. The van der Waals surface area contributed by atoms with Gasteiger partial charge < -0.3 is 10.0 Å². The Balaban J connectivity index is 2.53. The molecule has 0 fully saturated rings. The van der Waals surface area contributed by atoms with Crippen molar-refractivity contribution in [2.75, 3.05) is 24.4 Å². The lowest BCUT2D eigenvalue weighted by Crippen LogP contribution is -2.29. The van der Waals surface area contributed by atoms with Crippen molar-refractivity contribution in [1.29, 1.82) is 0 Å². The molecule has 0 heterocycles. The lowest BCUT2D eigenvalue weighted by Gasteiger charge is -2.21. The molecule has 1 rings (SSSR count). The zero-order chi connectivity index (χ0) is 9.68. The molecular formula is C10H14ClNO. The lowest BCUT2D eigenvalue weighted by atomic mass is 10.3. The van der Waals surface area contributed by atoms with Crippen LogP contribution in [0.15, 0.2) is 30.3 Å². The smallest absolute Gasteiger partial charge is 0.0849 e. The van der Waals surface area contributed by atoms with Gasteiger partial charge in [-0.1, -0.05) is 18.2 Å². The first-order valence-electron chi connectivity index (χ1n) is 4.24. The molecule has 0 aliphatic rings. The number of anilines is 1. The van der Waals surface area contributed by atoms with Gasteiger partial charge in [-0.3, -0.25) is 0 Å². The number of alkyl halides is 1. The van der Waals surface area contributed by atoms with Crippen LogP contribution >= 0.6 is 11.6 Å². The predicted octanol–water partition coefficient (Wildman–Crippen LogP) is 1.72. The van der Waals surface area contributed by atoms with Gasteiger partial charge in [0.1, 0.15) is 0 Å². The molecule has 0 saturated heterocycles. The summed E-state index contributed by atoms with van der Waals surface area (Å²) >= 11 is 5.51. The molecule has 13 heavy (non-hydrogen) atoms. The van der Waals surface area contributed by atoms with Crippen molar-refractivity contribution in [3.63, 3.8) is 0 Å². The number of halogens is 1. The van der Waals surface area contributed by atoms with Crippen molar-refractivity contribution in [3.8, 4) is 0 Å². The highest BCUT2D eigenvalue weighted by Gasteiger charge is 2.06. The van der Waals surface area contributed by atoms with Gasteiger partial charge in [-0.25, -0.2) is 0 Å². The van der Waals surface area contributed by atoms with E-state index in [9.17, 15) is 5.11 Å². The number of rotatable bonds is 4. The van der Waals surface area contributed by atoms with E-state index >= 15 is 0 Å². The largest absolute Gasteiger partial charge is 0.390 e. The molecule has 1 N–H and O–H groups in total. The maximum atomic E-state index is 9.32. The van der Waals surface area contributed by atoms with E-state index in [0.29, 0.717) is 6.54 Å². The highest BCUT2D eigenvalue weighted by Crippen LogP contribution is 2.11. The minimum absolute atomic E-state index is 0.275. The van der Waals surface area contributed by atoms with Crippen LogP contribution in [-0.2, 0) is 0 Å². The Kier molecular flexibility index (Phi) is 4.06. The molecule has 0 aromatic heterocycles. The molecule has 0 bridgehead atoms. The van der Waals surface area contributed by atoms with E-state index in [0.717, 1.165) is 5.69 Å². The van der Waals surface area contributed by atoms with Crippen LogP contribution in [0.5, 0.6) is 0 Å². The van der Waals surface area contributed by atoms with Crippen molar-refractivity contribution in [1.82, 2.24) is 0 Å².